The van der Waals surface area contributed by atoms with E-state index < -0.39 is 11.8 Å². The summed E-state index contributed by atoms with van der Waals surface area (Å²) in [5.41, 5.74) is 0.530. The largest absolute Gasteiger partial charge is 0.454 e. The Labute approximate surface area is 150 Å². The first-order valence-corrected chi connectivity index (χ1v) is 8.94. The molecule has 8 nitrogen and oxygen atoms in total. The molecule has 1 atom stereocenters. The fraction of sp³-hybridized carbons (Fsp3) is 0.556. The summed E-state index contributed by atoms with van der Waals surface area (Å²) in [5, 5.41) is 0. The molecule has 3 fully saturated rings. The van der Waals surface area contributed by atoms with Crippen molar-refractivity contribution in [2.45, 2.75) is 31.1 Å². The number of nitrogens with zero attached hydrogens (tertiary/aromatic N) is 2. The molecule has 138 valence electrons. The molecule has 4 aliphatic heterocycles. The predicted octanol–water partition coefficient (Wildman–Crippen LogP) is 0.886. The van der Waals surface area contributed by atoms with Crippen LogP contribution in [0.2, 0.25) is 0 Å². The molecule has 4 heterocycles. The maximum atomic E-state index is 13.0. The van der Waals surface area contributed by atoms with Crippen LogP contribution in [0.15, 0.2) is 18.2 Å². The van der Waals surface area contributed by atoms with Crippen molar-refractivity contribution in [2.75, 3.05) is 38.0 Å². The van der Waals surface area contributed by atoms with Crippen molar-refractivity contribution in [3.63, 3.8) is 0 Å². The van der Waals surface area contributed by atoms with Gasteiger partial charge < -0.3 is 18.9 Å². The lowest BCUT2D eigenvalue weighted by molar-refractivity contribution is -0.188. The molecule has 8 heteroatoms. The summed E-state index contributed by atoms with van der Waals surface area (Å²) in [6, 6.07) is 4.71. The first kappa shape index (κ1) is 16.0. The third-order valence-corrected chi connectivity index (χ3v) is 5.55. The molecule has 0 aromatic heterocycles. The minimum Gasteiger partial charge on any atom is -0.454 e. The first-order valence-electron chi connectivity index (χ1n) is 8.94. The van der Waals surface area contributed by atoms with Gasteiger partial charge in [-0.3, -0.25) is 14.5 Å². The average Bonchev–Trinajstić information content (AvgIpc) is 3.35. The second kappa shape index (κ2) is 5.94. The Morgan fingerprint density at radius 3 is 2.50 bits per heavy atom. The van der Waals surface area contributed by atoms with E-state index in [4.69, 9.17) is 18.9 Å². The lowest BCUT2D eigenvalue weighted by Crippen LogP contribution is -2.51. The summed E-state index contributed by atoms with van der Waals surface area (Å²) < 4.78 is 22.1. The zero-order valence-electron chi connectivity index (χ0n) is 14.3. The van der Waals surface area contributed by atoms with Gasteiger partial charge in [-0.1, -0.05) is 0 Å². The highest BCUT2D eigenvalue weighted by Crippen LogP contribution is 2.38. The number of benzene rings is 1. The number of rotatable bonds is 2. The Morgan fingerprint density at radius 2 is 1.73 bits per heavy atom. The van der Waals surface area contributed by atoms with Crippen molar-refractivity contribution in [2.24, 2.45) is 0 Å². The van der Waals surface area contributed by atoms with Crippen molar-refractivity contribution >= 4 is 17.5 Å². The maximum Gasteiger partial charge on any atom is 0.251 e. The number of imide groups is 1. The van der Waals surface area contributed by atoms with E-state index in [2.05, 4.69) is 4.90 Å². The van der Waals surface area contributed by atoms with Crippen molar-refractivity contribution in [3.05, 3.63) is 18.2 Å². The zero-order chi connectivity index (χ0) is 17.7. The Bertz CT molecular complexity index is 750. The molecular formula is C18H20N2O6. The second-order valence-corrected chi connectivity index (χ2v) is 6.97. The summed E-state index contributed by atoms with van der Waals surface area (Å²) in [7, 11) is 0. The molecule has 0 saturated carbocycles. The molecule has 3 saturated heterocycles. The minimum atomic E-state index is -0.487. The highest BCUT2D eigenvalue weighted by atomic mass is 16.7. The Balaban J connectivity index is 1.32. The van der Waals surface area contributed by atoms with Crippen LogP contribution in [-0.2, 0) is 19.1 Å². The minimum absolute atomic E-state index is 0.156. The standard InChI is InChI=1S/C18H20N2O6/c21-16-10-13(19-5-3-18(4-6-19)25-7-8-26-18)17(22)20(16)12-1-2-14-15(9-12)24-11-23-14/h1-2,9,13H,3-8,10-11H2/t13-/m0/s1. The van der Waals surface area contributed by atoms with Crippen molar-refractivity contribution in [1.82, 2.24) is 4.90 Å². The van der Waals surface area contributed by atoms with Crippen molar-refractivity contribution in [1.29, 1.82) is 0 Å². The summed E-state index contributed by atoms with van der Waals surface area (Å²) in [6.07, 6.45) is 1.63. The number of likely N-dealkylation sites (tertiary alicyclic amines) is 1. The lowest BCUT2D eigenvalue weighted by Gasteiger charge is -2.39. The van der Waals surface area contributed by atoms with Gasteiger partial charge in [0.05, 0.1) is 31.4 Å². The number of carbonyl (C=O) groups is 2. The van der Waals surface area contributed by atoms with E-state index in [1.54, 1.807) is 18.2 Å². The number of hydrogen-bond donors (Lipinski definition) is 0. The van der Waals surface area contributed by atoms with E-state index >= 15 is 0 Å². The maximum absolute atomic E-state index is 13.0. The Morgan fingerprint density at radius 1 is 1.00 bits per heavy atom. The van der Waals surface area contributed by atoms with Gasteiger partial charge in [-0.2, -0.15) is 0 Å². The molecule has 0 N–H and O–H groups in total. The quantitative estimate of drug-likeness (QED) is 0.725. The number of piperidine rings is 1. The van der Waals surface area contributed by atoms with Gasteiger partial charge in [-0.05, 0) is 12.1 Å². The highest BCUT2D eigenvalue weighted by Gasteiger charge is 2.47. The van der Waals surface area contributed by atoms with E-state index in [9.17, 15) is 9.59 Å². The number of carbonyl (C=O) groups excluding carboxylic acids is 2. The molecule has 0 bridgehead atoms. The van der Waals surface area contributed by atoms with Crippen LogP contribution in [-0.4, -0.2) is 61.6 Å². The third-order valence-electron chi connectivity index (χ3n) is 5.55. The molecule has 4 aliphatic rings. The van der Waals surface area contributed by atoms with Crippen LogP contribution in [0.1, 0.15) is 19.3 Å². The first-order chi connectivity index (χ1) is 12.7. The molecule has 26 heavy (non-hydrogen) atoms. The number of anilines is 1. The van der Waals surface area contributed by atoms with Gasteiger partial charge in [0, 0.05) is 32.0 Å². The van der Waals surface area contributed by atoms with Crippen LogP contribution in [0.5, 0.6) is 11.5 Å². The molecule has 1 spiro atoms. The Kier molecular flexibility index (Phi) is 3.66. The highest BCUT2D eigenvalue weighted by molar-refractivity contribution is 6.22. The average molecular weight is 360 g/mol. The number of amides is 2. The predicted molar refractivity (Wildman–Crippen MR) is 88.9 cm³/mol. The van der Waals surface area contributed by atoms with Crippen LogP contribution in [0.25, 0.3) is 0 Å². The summed E-state index contributed by atoms with van der Waals surface area (Å²) in [5.74, 6) is 0.328. The van der Waals surface area contributed by atoms with Crippen LogP contribution >= 0.6 is 0 Å². The van der Waals surface area contributed by atoms with E-state index in [1.807, 2.05) is 0 Å². The van der Waals surface area contributed by atoms with Crippen molar-refractivity contribution in [3.8, 4) is 11.5 Å². The fourth-order valence-corrected chi connectivity index (χ4v) is 4.16. The SMILES string of the molecule is O=C1C[C@H](N2CCC3(CC2)OCCO3)C(=O)N1c1ccc2c(c1)OCO2. The van der Waals surface area contributed by atoms with Crippen molar-refractivity contribution < 1.29 is 28.5 Å². The topological polar surface area (TPSA) is 77.5 Å². The van der Waals surface area contributed by atoms with Crippen LogP contribution in [0.4, 0.5) is 5.69 Å². The van der Waals surface area contributed by atoms with E-state index in [1.165, 1.54) is 4.90 Å². The van der Waals surface area contributed by atoms with Gasteiger partial charge in [0.2, 0.25) is 12.7 Å². The van der Waals surface area contributed by atoms with E-state index in [0.717, 1.165) is 12.8 Å². The van der Waals surface area contributed by atoms with Gasteiger partial charge in [-0.15, -0.1) is 0 Å². The third kappa shape index (κ3) is 2.48. The van der Waals surface area contributed by atoms with Crippen LogP contribution in [0.3, 0.4) is 0 Å². The van der Waals surface area contributed by atoms with Gasteiger partial charge in [-0.25, -0.2) is 4.90 Å². The number of ether oxygens (including phenoxy) is 4. The van der Waals surface area contributed by atoms with Gasteiger partial charge >= 0.3 is 0 Å². The van der Waals surface area contributed by atoms with Crippen LogP contribution < -0.4 is 14.4 Å². The Hall–Kier alpha value is -2.16. The van der Waals surface area contributed by atoms with Crippen LogP contribution in [0, 0.1) is 0 Å². The molecule has 0 aliphatic carbocycles. The molecule has 5 rings (SSSR count). The molecule has 1 aromatic carbocycles. The molecule has 0 unspecified atom stereocenters. The van der Waals surface area contributed by atoms with Gasteiger partial charge in [0.1, 0.15) is 0 Å². The molecular weight excluding hydrogens is 340 g/mol. The fourth-order valence-electron chi connectivity index (χ4n) is 4.16. The lowest BCUT2D eigenvalue weighted by atomic mass is 10.0. The van der Waals surface area contributed by atoms with E-state index in [-0.39, 0.29) is 25.0 Å². The van der Waals surface area contributed by atoms with E-state index in [0.29, 0.717) is 43.5 Å². The normalized spacial score (nSPS) is 27.7. The van der Waals surface area contributed by atoms with Gasteiger partial charge in [0.15, 0.2) is 17.3 Å². The zero-order valence-corrected chi connectivity index (χ0v) is 14.3. The molecule has 0 radical (unpaired) electrons. The summed E-state index contributed by atoms with van der Waals surface area (Å²) in [4.78, 5) is 28.8. The smallest absolute Gasteiger partial charge is 0.251 e. The second-order valence-electron chi connectivity index (χ2n) is 6.97. The summed E-state index contributed by atoms with van der Waals surface area (Å²) in [6.45, 7) is 2.76. The molecule has 2 amide bonds. The van der Waals surface area contributed by atoms with Gasteiger partial charge in [0.25, 0.3) is 5.91 Å². The molecule has 1 aromatic rings. The number of fused-ring (bicyclic) bond motifs is 1. The monoisotopic (exact) mass is 360 g/mol. The summed E-state index contributed by atoms with van der Waals surface area (Å²) >= 11 is 0. The number of hydrogen-bond acceptors (Lipinski definition) is 7.